The van der Waals surface area contributed by atoms with Gasteiger partial charge in [-0.3, -0.25) is 9.59 Å². The highest BCUT2D eigenvalue weighted by molar-refractivity contribution is 8.01. The highest BCUT2D eigenvalue weighted by Gasteiger charge is 2.29. The van der Waals surface area contributed by atoms with Gasteiger partial charge >= 0.3 is 0 Å². The van der Waals surface area contributed by atoms with Crippen LogP contribution in [0.2, 0.25) is 0 Å². The fourth-order valence-corrected chi connectivity index (χ4v) is 7.05. The van der Waals surface area contributed by atoms with E-state index in [2.05, 4.69) is 10.3 Å². The van der Waals surface area contributed by atoms with Gasteiger partial charge in [-0.25, -0.2) is 13.4 Å². The molecule has 12 heteroatoms. The summed E-state index contributed by atoms with van der Waals surface area (Å²) in [7, 11) is -2.31. The van der Waals surface area contributed by atoms with Crippen LogP contribution in [0.15, 0.2) is 27.4 Å². The average molecular weight is 499 g/mol. The predicted octanol–water partition coefficient (Wildman–Crippen LogP) is 2.39. The molecule has 3 rings (SSSR count). The normalized spacial score (nSPS) is 14.8. The molecule has 1 aromatic carbocycles. The van der Waals surface area contributed by atoms with Crippen molar-refractivity contribution in [1.29, 1.82) is 0 Å². The van der Waals surface area contributed by atoms with Crippen molar-refractivity contribution in [3.8, 4) is 5.75 Å². The third kappa shape index (κ3) is 6.00. The Morgan fingerprint density at radius 1 is 1.28 bits per heavy atom. The second-order valence-corrected chi connectivity index (χ2v) is 11.5. The number of rotatable bonds is 9. The molecule has 32 heavy (non-hydrogen) atoms. The molecule has 2 heterocycles. The van der Waals surface area contributed by atoms with E-state index in [0.29, 0.717) is 23.1 Å². The molecule has 0 aliphatic carbocycles. The lowest BCUT2D eigenvalue weighted by atomic mass is 10.2. The Morgan fingerprint density at radius 2 is 2.00 bits per heavy atom. The fourth-order valence-electron chi connectivity index (χ4n) is 3.31. The Labute approximate surface area is 195 Å². The van der Waals surface area contributed by atoms with Crippen LogP contribution in [-0.4, -0.2) is 55.5 Å². The highest BCUT2D eigenvalue weighted by Crippen LogP contribution is 2.32. The van der Waals surface area contributed by atoms with Gasteiger partial charge in [0.2, 0.25) is 21.8 Å². The third-order valence-electron chi connectivity index (χ3n) is 4.91. The minimum Gasteiger partial charge on any atom is -0.495 e. The van der Waals surface area contributed by atoms with Gasteiger partial charge in [0.25, 0.3) is 0 Å². The number of benzene rings is 1. The van der Waals surface area contributed by atoms with Crippen molar-refractivity contribution in [1.82, 2.24) is 9.29 Å². The van der Waals surface area contributed by atoms with Crippen molar-refractivity contribution in [2.75, 3.05) is 31.3 Å². The zero-order valence-corrected chi connectivity index (χ0v) is 20.4. The molecule has 0 spiro atoms. The number of nitrogens with one attached hydrogen (secondary N) is 1. The Balaban J connectivity index is 1.69. The number of ether oxygens (including phenoxy) is 1. The molecular formula is C20H26N4O5S3. The molecule has 3 N–H and O–H groups in total. The molecule has 1 aliphatic rings. The summed E-state index contributed by atoms with van der Waals surface area (Å²) in [4.78, 5) is 28.7. The van der Waals surface area contributed by atoms with Gasteiger partial charge in [-0.15, -0.1) is 11.3 Å². The van der Waals surface area contributed by atoms with Crippen LogP contribution < -0.4 is 15.8 Å². The van der Waals surface area contributed by atoms with Gasteiger partial charge in [-0.1, -0.05) is 18.2 Å². The maximum atomic E-state index is 13.1. The van der Waals surface area contributed by atoms with E-state index >= 15 is 0 Å². The van der Waals surface area contributed by atoms with Crippen molar-refractivity contribution >= 4 is 50.6 Å². The number of anilines is 1. The molecule has 9 nitrogen and oxygen atoms in total. The Bertz CT molecular complexity index is 1090. The first-order valence-corrected chi connectivity index (χ1v) is 13.3. The second kappa shape index (κ2) is 10.6. The molecule has 0 unspecified atom stereocenters. The smallest absolute Gasteiger partial charge is 0.246 e. The number of methoxy groups -OCH3 is 1. The minimum atomic E-state index is -3.72. The van der Waals surface area contributed by atoms with E-state index in [1.165, 1.54) is 40.6 Å². The number of thioether (sulfide) groups is 1. The molecular weight excluding hydrogens is 472 g/mol. The summed E-state index contributed by atoms with van der Waals surface area (Å²) in [6, 6.07) is 4.58. The standard InChI is InChI=1S/C20H26N4O5S3/c1-13-16(11-18(21)25)31-20(22-13)30-12-19(26)23-14-6-7-15(29-2)17(10-14)32(27,28)24-8-4-3-5-9-24/h6-7,10H,3-5,8-9,11-12H2,1-2H3,(H2,21,25)(H,23,26). The number of nitrogens with two attached hydrogens (primary N) is 1. The van der Waals surface area contributed by atoms with Crippen LogP contribution in [-0.2, 0) is 26.0 Å². The van der Waals surface area contributed by atoms with E-state index in [1.807, 2.05) is 0 Å². The van der Waals surface area contributed by atoms with Gasteiger partial charge in [-0.2, -0.15) is 4.31 Å². The molecule has 1 aliphatic heterocycles. The summed E-state index contributed by atoms with van der Waals surface area (Å²) in [6.45, 7) is 2.74. The van der Waals surface area contributed by atoms with Crippen LogP contribution in [0.4, 0.5) is 5.69 Å². The van der Waals surface area contributed by atoms with Crippen molar-refractivity contribution in [2.45, 2.75) is 41.8 Å². The van der Waals surface area contributed by atoms with Crippen molar-refractivity contribution in [3.05, 3.63) is 28.8 Å². The van der Waals surface area contributed by atoms with Gasteiger partial charge in [0.05, 0.1) is 25.0 Å². The Kier molecular flexibility index (Phi) is 8.15. The average Bonchev–Trinajstić information content (AvgIpc) is 3.11. The molecule has 1 fully saturated rings. The summed E-state index contributed by atoms with van der Waals surface area (Å²) in [5, 5.41) is 2.74. The van der Waals surface area contributed by atoms with Gasteiger partial charge in [0, 0.05) is 23.7 Å². The molecule has 1 saturated heterocycles. The van der Waals surface area contributed by atoms with Gasteiger partial charge in [0.1, 0.15) is 10.6 Å². The Morgan fingerprint density at radius 3 is 2.66 bits per heavy atom. The van der Waals surface area contributed by atoms with Gasteiger partial charge < -0.3 is 15.8 Å². The fraction of sp³-hybridized carbons (Fsp3) is 0.450. The largest absolute Gasteiger partial charge is 0.495 e. The summed E-state index contributed by atoms with van der Waals surface area (Å²) in [5.41, 5.74) is 6.33. The lowest BCUT2D eigenvalue weighted by molar-refractivity contribution is -0.117. The van der Waals surface area contributed by atoms with Crippen molar-refractivity contribution in [3.63, 3.8) is 0 Å². The van der Waals surface area contributed by atoms with Crippen LogP contribution in [0, 0.1) is 6.92 Å². The number of primary amides is 1. The molecule has 0 atom stereocenters. The molecule has 0 saturated carbocycles. The molecule has 2 amide bonds. The predicted molar refractivity (Wildman–Crippen MR) is 125 cm³/mol. The number of sulfonamides is 1. The summed E-state index contributed by atoms with van der Waals surface area (Å²) >= 11 is 2.57. The van der Waals surface area contributed by atoms with Gasteiger partial charge in [0.15, 0.2) is 4.34 Å². The molecule has 0 radical (unpaired) electrons. The van der Waals surface area contributed by atoms with E-state index < -0.39 is 15.9 Å². The second-order valence-electron chi connectivity index (χ2n) is 7.30. The number of hydrogen-bond donors (Lipinski definition) is 2. The number of hydrogen-bond acceptors (Lipinski definition) is 8. The summed E-state index contributed by atoms with van der Waals surface area (Å²) < 4.78 is 33.6. The van der Waals surface area contributed by atoms with E-state index in [0.717, 1.165) is 29.8 Å². The van der Waals surface area contributed by atoms with Crippen molar-refractivity contribution < 1.29 is 22.7 Å². The zero-order valence-electron chi connectivity index (χ0n) is 17.9. The SMILES string of the molecule is COc1ccc(NC(=O)CSc2nc(C)c(CC(N)=O)s2)cc1S(=O)(=O)N1CCCCC1. The number of amides is 2. The minimum absolute atomic E-state index is 0.0407. The number of carbonyl (C=O) groups excluding carboxylic acids is 2. The first-order valence-electron chi connectivity index (χ1n) is 10.1. The topological polar surface area (TPSA) is 132 Å². The monoisotopic (exact) mass is 498 g/mol. The quantitative estimate of drug-likeness (QED) is 0.507. The number of aryl methyl sites for hydroxylation is 1. The maximum absolute atomic E-state index is 13.1. The van der Waals surface area contributed by atoms with Gasteiger partial charge in [-0.05, 0) is 38.0 Å². The Hall–Kier alpha value is -2.15. The number of piperidine rings is 1. The van der Waals surface area contributed by atoms with E-state index in [9.17, 15) is 18.0 Å². The molecule has 174 valence electrons. The van der Waals surface area contributed by atoms with E-state index in [1.54, 1.807) is 19.1 Å². The number of thiazole rings is 1. The number of aromatic nitrogens is 1. The summed E-state index contributed by atoms with van der Waals surface area (Å²) in [5.74, 6) is -0.404. The molecule has 0 bridgehead atoms. The van der Waals surface area contributed by atoms with E-state index in [4.69, 9.17) is 10.5 Å². The van der Waals surface area contributed by atoms with Crippen molar-refractivity contribution in [2.24, 2.45) is 5.73 Å². The zero-order chi connectivity index (χ0) is 23.3. The number of nitrogens with zero attached hydrogens (tertiary/aromatic N) is 2. The molecule has 1 aromatic heterocycles. The first kappa shape index (κ1) is 24.5. The van der Waals surface area contributed by atoms with Crippen LogP contribution in [0.25, 0.3) is 0 Å². The first-order chi connectivity index (χ1) is 15.2. The lowest BCUT2D eigenvalue weighted by Gasteiger charge is -2.26. The van der Waals surface area contributed by atoms with Crippen LogP contribution in [0.3, 0.4) is 0 Å². The van der Waals surface area contributed by atoms with Crippen LogP contribution in [0.5, 0.6) is 5.75 Å². The highest BCUT2D eigenvalue weighted by atomic mass is 32.2. The van der Waals surface area contributed by atoms with Crippen LogP contribution >= 0.6 is 23.1 Å². The summed E-state index contributed by atoms with van der Waals surface area (Å²) in [6.07, 6.45) is 2.79. The maximum Gasteiger partial charge on any atom is 0.246 e. The number of carbonyl (C=O) groups is 2. The van der Waals surface area contributed by atoms with E-state index in [-0.39, 0.29) is 28.7 Å². The molecule has 2 aromatic rings. The lowest BCUT2D eigenvalue weighted by Crippen LogP contribution is -2.35. The third-order valence-corrected chi connectivity index (χ3v) is 9.14. The van der Waals surface area contributed by atoms with Crippen LogP contribution in [0.1, 0.15) is 29.8 Å².